The van der Waals surface area contributed by atoms with Crippen LogP contribution in [-0.2, 0) is 6.54 Å². The van der Waals surface area contributed by atoms with Gasteiger partial charge >= 0.3 is 0 Å². The van der Waals surface area contributed by atoms with Gasteiger partial charge in [-0.2, -0.15) is 0 Å². The van der Waals surface area contributed by atoms with Crippen LogP contribution in [0.25, 0.3) is 0 Å². The van der Waals surface area contributed by atoms with Gasteiger partial charge in [0, 0.05) is 31.0 Å². The quantitative estimate of drug-likeness (QED) is 0.923. The summed E-state index contributed by atoms with van der Waals surface area (Å²) in [7, 11) is 3.74. The molecule has 2 rings (SSSR count). The van der Waals surface area contributed by atoms with Crippen LogP contribution in [0.1, 0.15) is 16.7 Å². The summed E-state index contributed by atoms with van der Waals surface area (Å²) in [6.45, 7) is 4.73. The van der Waals surface area contributed by atoms with Crippen LogP contribution < -0.4 is 15.4 Å². The van der Waals surface area contributed by atoms with Crippen molar-refractivity contribution in [2.75, 3.05) is 19.1 Å². The summed E-state index contributed by atoms with van der Waals surface area (Å²) >= 11 is 0. The van der Waals surface area contributed by atoms with Crippen molar-refractivity contribution in [3.8, 4) is 5.75 Å². The lowest BCUT2D eigenvalue weighted by Crippen LogP contribution is -2.14. The molecule has 106 valence electrons. The Morgan fingerprint density at radius 3 is 2.25 bits per heavy atom. The van der Waals surface area contributed by atoms with Crippen LogP contribution in [0.15, 0.2) is 36.4 Å². The molecule has 0 aromatic heterocycles. The maximum Gasteiger partial charge on any atom is 0.120 e. The minimum absolute atomic E-state index is 0.508. The van der Waals surface area contributed by atoms with Crippen LogP contribution in [0.4, 0.5) is 11.4 Å². The Bertz CT molecular complexity index is 588. The topological polar surface area (TPSA) is 38.5 Å². The molecule has 20 heavy (non-hydrogen) atoms. The molecule has 0 saturated carbocycles. The SMILES string of the molecule is COc1ccc(CN)c(N(C)c2cc(C)cc(C)c2)c1. The van der Waals surface area contributed by atoms with Crippen LogP contribution in [-0.4, -0.2) is 14.2 Å². The third-order valence-corrected chi connectivity index (χ3v) is 3.47. The summed E-state index contributed by atoms with van der Waals surface area (Å²) in [6, 6.07) is 12.5. The highest BCUT2D eigenvalue weighted by molar-refractivity contribution is 5.68. The Morgan fingerprint density at radius 1 is 1.05 bits per heavy atom. The number of methoxy groups -OCH3 is 1. The summed E-state index contributed by atoms with van der Waals surface area (Å²) in [6.07, 6.45) is 0. The molecular formula is C17H22N2O. The first-order chi connectivity index (χ1) is 9.55. The monoisotopic (exact) mass is 270 g/mol. The normalized spacial score (nSPS) is 10.4. The number of rotatable bonds is 4. The van der Waals surface area contributed by atoms with Crippen LogP contribution >= 0.6 is 0 Å². The van der Waals surface area contributed by atoms with Crippen molar-refractivity contribution in [3.05, 3.63) is 53.1 Å². The van der Waals surface area contributed by atoms with Gasteiger partial charge < -0.3 is 15.4 Å². The van der Waals surface area contributed by atoms with Gasteiger partial charge in [-0.3, -0.25) is 0 Å². The van der Waals surface area contributed by atoms with E-state index in [-0.39, 0.29) is 0 Å². The summed E-state index contributed by atoms with van der Waals surface area (Å²) in [4.78, 5) is 2.16. The van der Waals surface area contributed by atoms with Crippen molar-refractivity contribution >= 4 is 11.4 Å². The molecule has 0 aliphatic carbocycles. The molecule has 0 radical (unpaired) electrons. The number of nitrogens with two attached hydrogens (primary N) is 1. The first-order valence-electron chi connectivity index (χ1n) is 6.74. The fraction of sp³-hybridized carbons (Fsp3) is 0.294. The third kappa shape index (κ3) is 2.94. The minimum atomic E-state index is 0.508. The van der Waals surface area contributed by atoms with E-state index in [4.69, 9.17) is 10.5 Å². The lowest BCUT2D eigenvalue weighted by molar-refractivity contribution is 0.415. The Kier molecular flexibility index (Phi) is 4.30. The van der Waals surface area contributed by atoms with Gasteiger partial charge in [-0.05, 0) is 48.7 Å². The van der Waals surface area contributed by atoms with Crippen molar-refractivity contribution in [2.24, 2.45) is 5.73 Å². The largest absolute Gasteiger partial charge is 0.497 e. The standard InChI is InChI=1S/C17H22N2O/c1-12-7-13(2)9-15(8-12)19(3)17-10-16(20-4)6-5-14(17)11-18/h5-10H,11,18H2,1-4H3. The molecule has 0 bridgehead atoms. The second kappa shape index (κ2) is 5.97. The molecule has 3 heteroatoms. The fourth-order valence-electron chi connectivity index (χ4n) is 2.44. The van der Waals surface area contributed by atoms with Gasteiger partial charge in [-0.25, -0.2) is 0 Å². The molecule has 0 unspecified atom stereocenters. The van der Waals surface area contributed by atoms with E-state index in [9.17, 15) is 0 Å². The highest BCUT2D eigenvalue weighted by Gasteiger charge is 2.10. The Balaban J connectivity index is 2.48. The molecular weight excluding hydrogens is 248 g/mol. The van der Waals surface area contributed by atoms with Crippen LogP contribution in [0.2, 0.25) is 0 Å². The molecule has 0 aliphatic heterocycles. The van der Waals surface area contributed by atoms with Crippen molar-refractivity contribution < 1.29 is 4.74 Å². The zero-order valence-electron chi connectivity index (χ0n) is 12.6. The molecule has 0 saturated heterocycles. The van der Waals surface area contributed by atoms with Crippen molar-refractivity contribution in [3.63, 3.8) is 0 Å². The van der Waals surface area contributed by atoms with Gasteiger partial charge in [-0.15, -0.1) is 0 Å². The Labute approximate surface area is 121 Å². The van der Waals surface area contributed by atoms with E-state index in [1.165, 1.54) is 11.1 Å². The average Bonchev–Trinajstić information content (AvgIpc) is 2.44. The van der Waals surface area contributed by atoms with E-state index in [1.54, 1.807) is 7.11 Å². The number of nitrogens with zero attached hydrogens (tertiary/aromatic N) is 1. The number of ether oxygens (including phenoxy) is 1. The number of anilines is 2. The first-order valence-corrected chi connectivity index (χ1v) is 6.74. The van der Waals surface area contributed by atoms with Crippen LogP contribution in [0.3, 0.4) is 0 Å². The van der Waals surface area contributed by atoms with Crippen molar-refractivity contribution in [1.29, 1.82) is 0 Å². The lowest BCUT2D eigenvalue weighted by Gasteiger charge is -2.24. The molecule has 2 N–H and O–H groups in total. The van der Waals surface area contributed by atoms with Gasteiger partial charge in [-0.1, -0.05) is 12.1 Å². The highest BCUT2D eigenvalue weighted by atomic mass is 16.5. The zero-order valence-corrected chi connectivity index (χ0v) is 12.6. The molecule has 0 spiro atoms. The molecule has 2 aromatic rings. The molecule has 0 amide bonds. The minimum Gasteiger partial charge on any atom is -0.497 e. The second-order valence-electron chi connectivity index (χ2n) is 5.10. The first kappa shape index (κ1) is 14.4. The van der Waals surface area contributed by atoms with E-state index in [0.29, 0.717) is 6.54 Å². The van der Waals surface area contributed by atoms with Crippen LogP contribution in [0.5, 0.6) is 5.75 Å². The molecule has 0 aliphatic rings. The summed E-state index contributed by atoms with van der Waals surface area (Å²) in [5, 5.41) is 0. The summed E-state index contributed by atoms with van der Waals surface area (Å²) < 4.78 is 5.32. The maximum absolute atomic E-state index is 5.85. The molecule has 3 nitrogen and oxygen atoms in total. The van der Waals surface area contributed by atoms with Gasteiger partial charge in [0.25, 0.3) is 0 Å². The molecule has 0 heterocycles. The van der Waals surface area contributed by atoms with Gasteiger partial charge in [0.2, 0.25) is 0 Å². The van der Waals surface area contributed by atoms with Gasteiger partial charge in [0.15, 0.2) is 0 Å². The number of benzene rings is 2. The third-order valence-electron chi connectivity index (χ3n) is 3.47. The second-order valence-corrected chi connectivity index (χ2v) is 5.10. The van der Waals surface area contributed by atoms with E-state index >= 15 is 0 Å². The number of hydrogen-bond donors (Lipinski definition) is 1. The van der Waals surface area contributed by atoms with E-state index in [1.807, 2.05) is 18.2 Å². The summed E-state index contributed by atoms with van der Waals surface area (Å²) in [5.74, 6) is 0.841. The number of aryl methyl sites for hydroxylation is 2. The molecule has 0 atom stereocenters. The van der Waals surface area contributed by atoms with E-state index < -0.39 is 0 Å². The lowest BCUT2D eigenvalue weighted by atomic mass is 10.1. The predicted octanol–water partition coefficient (Wildman–Crippen LogP) is 3.54. The van der Waals surface area contributed by atoms with Crippen molar-refractivity contribution in [1.82, 2.24) is 0 Å². The average molecular weight is 270 g/mol. The molecule has 2 aromatic carbocycles. The van der Waals surface area contributed by atoms with E-state index in [0.717, 1.165) is 22.7 Å². The highest BCUT2D eigenvalue weighted by Crippen LogP contribution is 2.31. The smallest absolute Gasteiger partial charge is 0.120 e. The summed E-state index contributed by atoms with van der Waals surface area (Å²) in [5.41, 5.74) is 11.7. The van der Waals surface area contributed by atoms with Crippen LogP contribution in [0, 0.1) is 13.8 Å². The van der Waals surface area contributed by atoms with Crippen molar-refractivity contribution in [2.45, 2.75) is 20.4 Å². The Hall–Kier alpha value is -2.00. The zero-order chi connectivity index (χ0) is 14.7. The number of hydrogen-bond acceptors (Lipinski definition) is 3. The van der Waals surface area contributed by atoms with Gasteiger partial charge in [0.1, 0.15) is 5.75 Å². The Morgan fingerprint density at radius 2 is 1.70 bits per heavy atom. The maximum atomic E-state index is 5.85. The van der Waals surface area contributed by atoms with Gasteiger partial charge in [0.05, 0.1) is 7.11 Å². The predicted molar refractivity (Wildman–Crippen MR) is 84.9 cm³/mol. The van der Waals surface area contributed by atoms with E-state index in [2.05, 4.69) is 44.0 Å². The molecule has 0 fully saturated rings. The fourth-order valence-corrected chi connectivity index (χ4v) is 2.44.